The highest BCUT2D eigenvalue weighted by atomic mass is 16.1. The van der Waals surface area contributed by atoms with Gasteiger partial charge in [0.15, 0.2) is 0 Å². The average molecular weight is 405 g/mol. The molecule has 1 aliphatic rings. The Hall–Kier alpha value is -1.51. The minimum Gasteiger partial charge on any atom is -0.300 e. The van der Waals surface area contributed by atoms with Gasteiger partial charge >= 0.3 is 0 Å². The van der Waals surface area contributed by atoms with Crippen molar-refractivity contribution >= 4 is 17.3 Å². The van der Waals surface area contributed by atoms with Crippen LogP contribution in [0, 0.1) is 17.8 Å². The van der Waals surface area contributed by atoms with Gasteiger partial charge in [0.2, 0.25) is 0 Å². The monoisotopic (exact) mass is 404 g/mol. The molecule has 0 aliphatic heterocycles. The van der Waals surface area contributed by atoms with E-state index in [4.69, 9.17) is 0 Å². The normalized spacial score (nSPS) is 22.3. The van der Waals surface area contributed by atoms with Crippen molar-refractivity contribution in [1.82, 2.24) is 0 Å². The van der Waals surface area contributed by atoms with Gasteiger partial charge in [-0.05, 0) is 51.4 Å². The maximum atomic E-state index is 12.6. The van der Waals surface area contributed by atoms with Crippen molar-refractivity contribution in [1.29, 1.82) is 0 Å². The molecule has 0 spiro atoms. The summed E-state index contributed by atoms with van der Waals surface area (Å²) in [5.41, 5.74) is 1.11. The van der Waals surface area contributed by atoms with Crippen LogP contribution >= 0.6 is 0 Å². The Labute approximate surface area is 179 Å². The largest absolute Gasteiger partial charge is 0.300 e. The molecule has 3 unspecified atom stereocenters. The van der Waals surface area contributed by atoms with Crippen LogP contribution < -0.4 is 0 Å². The molecule has 0 saturated heterocycles. The number of carbonyl (C=O) groups is 3. The molecular weight excluding hydrogens is 360 g/mol. The minimum atomic E-state index is -0.0541. The first-order valence-electron chi connectivity index (χ1n) is 11.6. The van der Waals surface area contributed by atoms with E-state index in [0.717, 1.165) is 44.1 Å². The van der Waals surface area contributed by atoms with Gasteiger partial charge in [-0.2, -0.15) is 0 Å². The second kappa shape index (κ2) is 16.3. The van der Waals surface area contributed by atoms with Crippen LogP contribution in [0.2, 0.25) is 0 Å². The van der Waals surface area contributed by atoms with Crippen molar-refractivity contribution < 1.29 is 14.4 Å². The third kappa shape index (κ3) is 12.6. The third-order valence-electron chi connectivity index (χ3n) is 5.39. The van der Waals surface area contributed by atoms with E-state index in [1.54, 1.807) is 0 Å². The van der Waals surface area contributed by atoms with Crippen LogP contribution in [-0.2, 0) is 14.4 Å². The summed E-state index contributed by atoms with van der Waals surface area (Å²) in [6, 6.07) is 0. The molecule has 3 heteroatoms. The maximum absolute atomic E-state index is 12.6. The van der Waals surface area contributed by atoms with E-state index in [9.17, 15) is 14.4 Å². The summed E-state index contributed by atoms with van der Waals surface area (Å²) in [6.07, 6.45) is 14.4. The fraction of sp³-hybridized carbons (Fsp3) is 0.731. The van der Waals surface area contributed by atoms with E-state index in [1.165, 1.54) is 13.3 Å². The molecule has 0 aromatic rings. The van der Waals surface area contributed by atoms with Gasteiger partial charge in [-0.15, -0.1) is 0 Å². The Morgan fingerprint density at radius 2 is 1.83 bits per heavy atom. The Balaban J connectivity index is 0.00000245. The molecule has 0 radical (unpaired) electrons. The summed E-state index contributed by atoms with van der Waals surface area (Å²) in [6.45, 7) is 11.9. The summed E-state index contributed by atoms with van der Waals surface area (Å²) in [4.78, 5) is 36.4. The predicted molar refractivity (Wildman–Crippen MR) is 123 cm³/mol. The van der Waals surface area contributed by atoms with Gasteiger partial charge in [-0.1, -0.05) is 70.8 Å². The molecule has 1 rings (SSSR count). The molecule has 0 aromatic carbocycles. The van der Waals surface area contributed by atoms with E-state index >= 15 is 0 Å². The Morgan fingerprint density at radius 1 is 1.17 bits per heavy atom. The van der Waals surface area contributed by atoms with Crippen molar-refractivity contribution in [3.8, 4) is 0 Å². The standard InChI is InChI=1S/C23H36O3.C3H8/c1-5-10-20(22(6-2)23(26)14-18(4)24)15-19-12-9-7-8-11-17(3)13-21(25)16-19;1-3-2/h7-8,11,19-20,22H,5-6,9-10,12-16H2,1-4H3;3H2,1-2H3/b8-7-,17-11-;. The zero-order chi connectivity index (χ0) is 22.2. The van der Waals surface area contributed by atoms with E-state index in [2.05, 4.69) is 32.9 Å². The Bertz CT molecular complexity index is 556. The first-order valence-corrected chi connectivity index (χ1v) is 11.6. The van der Waals surface area contributed by atoms with E-state index < -0.39 is 0 Å². The van der Waals surface area contributed by atoms with Gasteiger partial charge in [-0.25, -0.2) is 0 Å². The molecule has 29 heavy (non-hydrogen) atoms. The lowest BCUT2D eigenvalue weighted by molar-refractivity contribution is -0.129. The zero-order valence-electron chi connectivity index (χ0n) is 19.8. The van der Waals surface area contributed by atoms with Crippen LogP contribution in [0.25, 0.3) is 0 Å². The highest BCUT2D eigenvalue weighted by Crippen LogP contribution is 2.33. The van der Waals surface area contributed by atoms with E-state index in [-0.39, 0.29) is 29.8 Å². The van der Waals surface area contributed by atoms with E-state index in [0.29, 0.717) is 24.5 Å². The molecule has 0 aromatic heterocycles. The SMILES string of the molecule is CCC.CCCC(CC1CC/C=C\C=C(\C)CC(=O)C1)C(CC)C(=O)CC(C)=O. The number of hydrogen-bond acceptors (Lipinski definition) is 3. The highest BCUT2D eigenvalue weighted by Gasteiger charge is 2.29. The quantitative estimate of drug-likeness (QED) is 0.387. The lowest BCUT2D eigenvalue weighted by atomic mass is 9.75. The van der Waals surface area contributed by atoms with Crippen LogP contribution in [0.5, 0.6) is 0 Å². The van der Waals surface area contributed by atoms with Gasteiger partial charge < -0.3 is 0 Å². The van der Waals surface area contributed by atoms with Crippen LogP contribution in [0.3, 0.4) is 0 Å². The number of hydrogen-bond donors (Lipinski definition) is 0. The molecule has 1 aliphatic carbocycles. The van der Waals surface area contributed by atoms with Gasteiger partial charge in [-0.3, -0.25) is 14.4 Å². The zero-order valence-corrected chi connectivity index (χ0v) is 19.8. The average Bonchev–Trinajstić information content (AvgIpc) is 2.61. The van der Waals surface area contributed by atoms with Crippen molar-refractivity contribution in [2.45, 2.75) is 106 Å². The highest BCUT2D eigenvalue weighted by molar-refractivity contribution is 5.99. The van der Waals surface area contributed by atoms with Crippen LogP contribution in [0.1, 0.15) is 106 Å². The molecule has 0 saturated carbocycles. The lowest BCUT2D eigenvalue weighted by Gasteiger charge is -2.29. The lowest BCUT2D eigenvalue weighted by Crippen LogP contribution is -2.27. The third-order valence-corrected chi connectivity index (χ3v) is 5.39. The molecule has 3 atom stereocenters. The topological polar surface area (TPSA) is 51.2 Å². The second-order valence-electron chi connectivity index (χ2n) is 8.66. The molecule has 166 valence electrons. The molecular formula is C26H44O3. The van der Waals surface area contributed by atoms with Gasteiger partial charge in [0.05, 0.1) is 6.42 Å². The number of rotatable bonds is 9. The fourth-order valence-corrected chi connectivity index (χ4v) is 4.21. The summed E-state index contributed by atoms with van der Waals surface area (Å²) >= 11 is 0. The van der Waals surface area contributed by atoms with Gasteiger partial charge in [0.25, 0.3) is 0 Å². The van der Waals surface area contributed by atoms with Gasteiger partial charge in [0.1, 0.15) is 17.3 Å². The van der Waals surface area contributed by atoms with Crippen LogP contribution in [0.4, 0.5) is 0 Å². The number of carbonyl (C=O) groups excluding carboxylic acids is 3. The summed E-state index contributed by atoms with van der Waals surface area (Å²) in [7, 11) is 0. The predicted octanol–water partition coefficient (Wildman–Crippen LogP) is 7.05. The van der Waals surface area contributed by atoms with Gasteiger partial charge in [0, 0.05) is 18.8 Å². The van der Waals surface area contributed by atoms with Crippen molar-refractivity contribution in [3.05, 3.63) is 23.8 Å². The number of allylic oxidation sites excluding steroid dienone is 4. The fourth-order valence-electron chi connectivity index (χ4n) is 4.21. The van der Waals surface area contributed by atoms with Crippen molar-refractivity contribution in [2.75, 3.05) is 0 Å². The molecule has 0 heterocycles. The van der Waals surface area contributed by atoms with Crippen LogP contribution in [0.15, 0.2) is 23.8 Å². The minimum absolute atomic E-state index is 0.0506. The van der Waals surface area contributed by atoms with E-state index in [1.807, 2.05) is 19.9 Å². The smallest absolute Gasteiger partial charge is 0.143 e. The second-order valence-corrected chi connectivity index (χ2v) is 8.66. The molecule has 0 bridgehead atoms. The molecule has 3 nitrogen and oxygen atoms in total. The van der Waals surface area contributed by atoms with Crippen LogP contribution in [-0.4, -0.2) is 17.3 Å². The van der Waals surface area contributed by atoms with Crippen molar-refractivity contribution in [3.63, 3.8) is 0 Å². The molecule has 0 N–H and O–H groups in total. The first-order chi connectivity index (χ1) is 13.8. The summed E-state index contributed by atoms with van der Waals surface area (Å²) in [5, 5.41) is 0. The molecule has 0 fully saturated rings. The number of ketones is 3. The Morgan fingerprint density at radius 3 is 2.38 bits per heavy atom. The Kier molecular flexibility index (Phi) is 15.5. The maximum Gasteiger partial charge on any atom is 0.143 e. The summed E-state index contributed by atoms with van der Waals surface area (Å²) < 4.78 is 0. The summed E-state index contributed by atoms with van der Waals surface area (Å²) in [5.74, 6) is 0.888. The molecule has 0 amide bonds. The first kappa shape index (κ1) is 27.5. The number of Topliss-reactive ketones (excluding diaryl/α,β-unsaturated/α-hetero) is 3. The van der Waals surface area contributed by atoms with Crippen molar-refractivity contribution in [2.24, 2.45) is 17.8 Å².